The molecule has 0 aromatic rings. The van der Waals surface area contributed by atoms with Crippen LogP contribution in [0.2, 0.25) is 0 Å². The fourth-order valence-corrected chi connectivity index (χ4v) is 3.97. The third-order valence-electron chi connectivity index (χ3n) is 5.97. The van der Waals surface area contributed by atoms with Crippen molar-refractivity contribution in [2.24, 2.45) is 0 Å². The number of aliphatic hydroxyl groups is 3. The van der Waals surface area contributed by atoms with Gasteiger partial charge in [0, 0.05) is 6.61 Å². The predicted octanol–water partition coefficient (Wildman–Crippen LogP) is 4.91. The largest absolute Gasteiger partial charge is 0.394 e. The summed E-state index contributed by atoms with van der Waals surface area (Å²) in [5.41, 5.74) is 0. The summed E-state index contributed by atoms with van der Waals surface area (Å²) in [4.78, 5) is 0. The zero-order chi connectivity index (χ0) is 21.9. The van der Waals surface area contributed by atoms with E-state index in [9.17, 15) is 10.2 Å². The van der Waals surface area contributed by atoms with Crippen LogP contribution in [-0.4, -0.2) is 59.6 Å². The predicted molar refractivity (Wildman–Crippen MR) is 123 cm³/mol. The summed E-state index contributed by atoms with van der Waals surface area (Å²) in [5, 5.41) is 28.6. The van der Waals surface area contributed by atoms with Crippen molar-refractivity contribution in [1.82, 2.24) is 0 Å². The van der Waals surface area contributed by atoms with Gasteiger partial charge in [0.15, 0.2) is 0 Å². The molecule has 3 N–H and O–H groups in total. The summed E-state index contributed by atoms with van der Waals surface area (Å²) in [7, 11) is 0. The van der Waals surface area contributed by atoms with Crippen molar-refractivity contribution in [2.75, 3.05) is 19.8 Å². The molecule has 0 saturated carbocycles. The summed E-state index contributed by atoms with van der Waals surface area (Å²) in [6.07, 6.45) is 21.0. The fourth-order valence-electron chi connectivity index (χ4n) is 3.97. The first kappa shape index (κ1) is 27.6. The van der Waals surface area contributed by atoms with Crippen LogP contribution in [0.3, 0.4) is 0 Å². The van der Waals surface area contributed by atoms with E-state index < -0.39 is 31.0 Å². The van der Waals surface area contributed by atoms with E-state index >= 15 is 0 Å². The van der Waals surface area contributed by atoms with Gasteiger partial charge in [-0.15, -0.1) is 0 Å². The Kier molecular flexibility index (Phi) is 17.7. The summed E-state index contributed by atoms with van der Waals surface area (Å²) < 4.78 is 11.0. The summed E-state index contributed by atoms with van der Waals surface area (Å²) in [5.74, 6) is 0. The molecule has 1 saturated heterocycles. The van der Waals surface area contributed by atoms with Crippen LogP contribution in [0.4, 0.5) is 0 Å². The van der Waals surface area contributed by atoms with Gasteiger partial charge in [-0.25, -0.2) is 0 Å². The molecular formula is C25H48O5. The van der Waals surface area contributed by atoms with Gasteiger partial charge in [0.2, 0.25) is 0 Å². The maximum absolute atomic E-state index is 10.1. The van der Waals surface area contributed by atoms with Gasteiger partial charge in [-0.2, -0.15) is 0 Å². The highest BCUT2D eigenvalue weighted by Crippen LogP contribution is 2.20. The van der Waals surface area contributed by atoms with Crippen molar-refractivity contribution in [3.8, 4) is 0 Å². The van der Waals surface area contributed by atoms with Crippen LogP contribution in [0, 0.1) is 0 Å². The first-order valence-corrected chi connectivity index (χ1v) is 12.6. The maximum atomic E-state index is 10.1. The molecule has 0 unspecified atom stereocenters. The second-order valence-corrected chi connectivity index (χ2v) is 8.74. The lowest BCUT2D eigenvalue weighted by Gasteiger charge is -2.20. The lowest BCUT2D eigenvalue weighted by Crippen LogP contribution is -2.41. The first-order valence-electron chi connectivity index (χ1n) is 12.6. The van der Waals surface area contributed by atoms with Crippen molar-refractivity contribution in [3.63, 3.8) is 0 Å². The van der Waals surface area contributed by atoms with Crippen LogP contribution >= 0.6 is 0 Å². The molecule has 0 amide bonds. The molecule has 0 aliphatic carbocycles. The molecule has 4 atom stereocenters. The van der Waals surface area contributed by atoms with Crippen LogP contribution in [0.1, 0.15) is 103 Å². The molecular weight excluding hydrogens is 380 g/mol. The zero-order valence-electron chi connectivity index (χ0n) is 19.4. The maximum Gasteiger partial charge on any atom is 0.114 e. The summed E-state index contributed by atoms with van der Waals surface area (Å²) >= 11 is 0. The van der Waals surface area contributed by atoms with Crippen LogP contribution in [0.15, 0.2) is 12.2 Å². The fraction of sp³-hybridized carbons (Fsp3) is 0.920. The Morgan fingerprint density at radius 1 is 0.867 bits per heavy atom. The number of aliphatic hydroxyl groups excluding tert-OH is 3. The third-order valence-corrected chi connectivity index (χ3v) is 5.97. The van der Waals surface area contributed by atoms with Crippen LogP contribution in [0.25, 0.3) is 0 Å². The molecule has 5 heteroatoms. The molecule has 5 nitrogen and oxygen atoms in total. The van der Waals surface area contributed by atoms with Gasteiger partial charge < -0.3 is 24.8 Å². The lowest BCUT2D eigenvalue weighted by molar-refractivity contribution is -0.0730. The van der Waals surface area contributed by atoms with E-state index in [1.54, 1.807) is 0 Å². The molecule has 1 aliphatic rings. The van der Waals surface area contributed by atoms with E-state index in [0.717, 1.165) is 19.3 Å². The summed E-state index contributed by atoms with van der Waals surface area (Å²) in [6, 6.07) is 0. The number of allylic oxidation sites excluding steroid dienone is 2. The Bertz CT molecular complexity index is 401. The van der Waals surface area contributed by atoms with Gasteiger partial charge in [-0.3, -0.25) is 0 Å². The number of hydrogen-bond donors (Lipinski definition) is 3. The highest BCUT2D eigenvalue weighted by Gasteiger charge is 2.40. The molecule has 178 valence electrons. The topological polar surface area (TPSA) is 79.2 Å². The third kappa shape index (κ3) is 13.1. The Morgan fingerprint density at radius 3 is 1.97 bits per heavy atom. The number of ether oxygens (including phenoxy) is 2. The second kappa shape index (κ2) is 19.2. The normalized spacial score (nSPS) is 22.9. The first-order chi connectivity index (χ1) is 14.7. The standard InChI is InChI=1S/C25H48O5/c1-2-3-4-5-6-7-8-9-10-11-12-13-14-15-16-17-18-19-29-23-21-30-25(24(23)28)22(27)20-26/h14-15,22-28H,2-13,16-21H2,1H3/b15-14+/t22-,23+,24-,25-/m0/s1. The molecule has 0 bridgehead atoms. The SMILES string of the molecule is CCCCCCCCCCCCC/C=C/CCCCO[C@@H]1CO[C@@H]([C@@H](O)CO)[C@H]1O. The van der Waals surface area contributed by atoms with Gasteiger partial charge in [0.25, 0.3) is 0 Å². The average molecular weight is 429 g/mol. The molecule has 0 radical (unpaired) electrons. The van der Waals surface area contributed by atoms with Gasteiger partial charge in [0.1, 0.15) is 24.4 Å². The second-order valence-electron chi connectivity index (χ2n) is 8.74. The van der Waals surface area contributed by atoms with Gasteiger partial charge in [-0.1, -0.05) is 83.3 Å². The van der Waals surface area contributed by atoms with E-state index in [-0.39, 0.29) is 6.61 Å². The highest BCUT2D eigenvalue weighted by atomic mass is 16.6. The van der Waals surface area contributed by atoms with Crippen molar-refractivity contribution in [1.29, 1.82) is 0 Å². The number of rotatable bonds is 20. The van der Waals surface area contributed by atoms with Gasteiger partial charge in [0.05, 0.1) is 13.2 Å². The molecule has 30 heavy (non-hydrogen) atoms. The van der Waals surface area contributed by atoms with E-state index in [4.69, 9.17) is 14.6 Å². The lowest BCUT2D eigenvalue weighted by atomic mass is 10.1. The van der Waals surface area contributed by atoms with Gasteiger partial charge >= 0.3 is 0 Å². The number of hydrogen-bond acceptors (Lipinski definition) is 5. The molecule has 1 heterocycles. The Hall–Kier alpha value is -0.460. The van der Waals surface area contributed by atoms with Gasteiger partial charge in [-0.05, 0) is 32.1 Å². The van der Waals surface area contributed by atoms with E-state index in [0.29, 0.717) is 6.61 Å². The molecule has 1 rings (SSSR count). The van der Waals surface area contributed by atoms with Crippen LogP contribution in [-0.2, 0) is 9.47 Å². The van der Waals surface area contributed by atoms with E-state index in [1.165, 1.54) is 77.0 Å². The monoisotopic (exact) mass is 428 g/mol. The van der Waals surface area contributed by atoms with Crippen molar-refractivity contribution < 1.29 is 24.8 Å². The average Bonchev–Trinajstić information content (AvgIpc) is 3.12. The van der Waals surface area contributed by atoms with Crippen LogP contribution < -0.4 is 0 Å². The van der Waals surface area contributed by atoms with Crippen molar-refractivity contribution in [3.05, 3.63) is 12.2 Å². The van der Waals surface area contributed by atoms with Crippen molar-refractivity contribution >= 4 is 0 Å². The number of unbranched alkanes of at least 4 members (excludes halogenated alkanes) is 13. The highest BCUT2D eigenvalue weighted by molar-refractivity contribution is 4.88. The minimum atomic E-state index is -1.06. The summed E-state index contributed by atoms with van der Waals surface area (Å²) in [6.45, 7) is 2.70. The van der Waals surface area contributed by atoms with Crippen molar-refractivity contribution in [2.45, 2.75) is 128 Å². The Morgan fingerprint density at radius 2 is 1.40 bits per heavy atom. The molecule has 1 fully saturated rings. The zero-order valence-corrected chi connectivity index (χ0v) is 19.4. The minimum absolute atomic E-state index is 0.266. The molecule has 0 spiro atoms. The Labute approximate surface area is 184 Å². The minimum Gasteiger partial charge on any atom is -0.394 e. The molecule has 1 aliphatic heterocycles. The Balaban J connectivity index is 1.83. The van der Waals surface area contributed by atoms with Crippen LogP contribution in [0.5, 0.6) is 0 Å². The smallest absolute Gasteiger partial charge is 0.114 e. The molecule has 0 aromatic carbocycles. The van der Waals surface area contributed by atoms with E-state index in [1.807, 2.05) is 0 Å². The quantitative estimate of drug-likeness (QED) is 0.190. The molecule has 0 aromatic heterocycles. The van der Waals surface area contributed by atoms with E-state index in [2.05, 4.69) is 19.1 Å².